The number of hydrogen-bond acceptors (Lipinski definition) is 5. The monoisotopic (exact) mass is 317 g/mol. The molecule has 2 rings (SSSR count). The van der Waals surface area contributed by atoms with Crippen LogP contribution in [0, 0.1) is 0 Å². The molecule has 0 atom stereocenters. The van der Waals surface area contributed by atoms with Crippen LogP contribution in [0.5, 0.6) is 0 Å². The first-order chi connectivity index (χ1) is 9.91. The maximum atomic E-state index is 12.4. The lowest BCUT2D eigenvalue weighted by molar-refractivity contribution is -0.141. The number of hydrogen-bond donors (Lipinski definition) is 1. The van der Waals surface area contributed by atoms with Gasteiger partial charge in [0.15, 0.2) is 5.16 Å². The molecular weight excluding hydrogens is 303 g/mol. The molecule has 1 N–H and O–H groups in total. The van der Waals surface area contributed by atoms with Gasteiger partial charge in [-0.25, -0.2) is 0 Å². The first-order valence-corrected chi connectivity index (χ1v) is 7.08. The summed E-state index contributed by atoms with van der Waals surface area (Å²) in [6.07, 6.45) is -3.17. The quantitative estimate of drug-likeness (QED) is 0.857. The van der Waals surface area contributed by atoms with Crippen LogP contribution in [0.25, 0.3) is 0 Å². The molecule has 0 saturated heterocycles. The molecule has 5 nitrogen and oxygen atoms in total. The van der Waals surface area contributed by atoms with Crippen LogP contribution in [0.2, 0.25) is 0 Å². The summed E-state index contributed by atoms with van der Waals surface area (Å²) in [6, 6.07) is 2.41. The van der Waals surface area contributed by atoms with E-state index in [1.54, 1.807) is 0 Å². The second kappa shape index (κ2) is 6.44. The van der Waals surface area contributed by atoms with Crippen molar-refractivity contribution in [2.45, 2.75) is 23.6 Å². The molecule has 2 aromatic heterocycles. The van der Waals surface area contributed by atoms with Crippen LogP contribution in [0.3, 0.4) is 0 Å². The summed E-state index contributed by atoms with van der Waals surface area (Å²) in [4.78, 5) is 3.43. The number of nitrogens with zero attached hydrogens (tertiary/aromatic N) is 4. The lowest BCUT2D eigenvalue weighted by Crippen LogP contribution is -2.10. The Morgan fingerprint density at radius 1 is 1.29 bits per heavy atom. The minimum Gasteiger partial charge on any atom is -0.313 e. The molecule has 0 fully saturated rings. The maximum absolute atomic E-state index is 12.4. The summed E-state index contributed by atoms with van der Waals surface area (Å²) in [5, 5.41) is 11.8. The smallest absolute Gasteiger partial charge is 0.313 e. The molecule has 21 heavy (non-hydrogen) atoms. The summed E-state index contributed by atoms with van der Waals surface area (Å²) in [7, 11) is 3.66. The molecule has 0 bridgehead atoms. The highest BCUT2D eigenvalue weighted by Gasteiger charge is 2.31. The molecule has 0 unspecified atom stereocenters. The molecule has 2 heterocycles. The van der Waals surface area contributed by atoms with Crippen LogP contribution in [0.1, 0.15) is 17.1 Å². The summed E-state index contributed by atoms with van der Waals surface area (Å²) >= 11 is 1.40. The lowest BCUT2D eigenvalue weighted by atomic mass is 10.3. The van der Waals surface area contributed by atoms with Gasteiger partial charge in [-0.1, -0.05) is 17.8 Å². The van der Waals surface area contributed by atoms with E-state index in [1.165, 1.54) is 24.0 Å². The zero-order valence-corrected chi connectivity index (χ0v) is 12.3. The zero-order valence-electron chi connectivity index (χ0n) is 11.5. The van der Waals surface area contributed by atoms with Crippen LogP contribution in [0.15, 0.2) is 23.5 Å². The van der Waals surface area contributed by atoms with Gasteiger partial charge < -0.3 is 9.88 Å². The van der Waals surface area contributed by atoms with Gasteiger partial charge in [0.2, 0.25) is 0 Å². The molecule has 114 valence electrons. The van der Waals surface area contributed by atoms with E-state index in [-0.39, 0.29) is 0 Å². The Balaban J connectivity index is 2.00. The minimum absolute atomic E-state index is 0.483. The van der Waals surface area contributed by atoms with Crippen LogP contribution in [-0.4, -0.2) is 26.8 Å². The standard InChI is InChI=1S/C12H14F3N5S/c1-16-6-10-18-19-11(20(10)2)21-7-8-3-4-9(17-5-8)12(13,14)15/h3-5,16H,6-7H2,1-2H3. The Hall–Kier alpha value is -1.61. The third kappa shape index (κ3) is 3.94. The van der Waals surface area contributed by atoms with Gasteiger partial charge in [0.25, 0.3) is 0 Å². The van der Waals surface area contributed by atoms with Crippen molar-refractivity contribution in [3.05, 3.63) is 35.4 Å². The van der Waals surface area contributed by atoms with Gasteiger partial charge in [0.05, 0.1) is 6.54 Å². The van der Waals surface area contributed by atoms with E-state index in [0.717, 1.165) is 11.9 Å². The molecule has 0 aliphatic rings. The summed E-state index contributed by atoms with van der Waals surface area (Å²) < 4.78 is 39.1. The van der Waals surface area contributed by atoms with Crippen LogP contribution in [-0.2, 0) is 25.5 Å². The summed E-state index contributed by atoms with van der Waals surface area (Å²) in [6.45, 7) is 0.603. The van der Waals surface area contributed by atoms with E-state index in [1.807, 2.05) is 18.7 Å². The molecule has 0 amide bonds. The third-order valence-corrected chi connectivity index (χ3v) is 3.83. The molecule has 0 aromatic carbocycles. The van der Waals surface area contributed by atoms with Crippen molar-refractivity contribution in [3.63, 3.8) is 0 Å². The normalized spacial score (nSPS) is 11.9. The van der Waals surface area contributed by atoms with Crippen molar-refractivity contribution in [1.82, 2.24) is 25.1 Å². The Morgan fingerprint density at radius 2 is 2.05 bits per heavy atom. The van der Waals surface area contributed by atoms with Gasteiger partial charge in [-0.05, 0) is 18.7 Å². The highest BCUT2D eigenvalue weighted by molar-refractivity contribution is 7.98. The number of alkyl halides is 3. The molecular formula is C12H14F3N5S. The van der Waals surface area contributed by atoms with Gasteiger partial charge >= 0.3 is 6.18 Å². The minimum atomic E-state index is -4.41. The van der Waals surface area contributed by atoms with Gasteiger partial charge in [-0.15, -0.1) is 10.2 Å². The number of nitrogens with one attached hydrogen (secondary N) is 1. The fraction of sp³-hybridized carbons (Fsp3) is 0.417. The number of rotatable bonds is 5. The Kier molecular flexibility index (Phi) is 4.84. The van der Waals surface area contributed by atoms with Crippen LogP contribution < -0.4 is 5.32 Å². The molecule has 0 saturated carbocycles. The highest BCUT2D eigenvalue weighted by Crippen LogP contribution is 2.28. The van der Waals surface area contributed by atoms with Crippen molar-refractivity contribution in [2.75, 3.05) is 7.05 Å². The number of halogens is 3. The molecule has 2 aromatic rings. The fourth-order valence-electron chi connectivity index (χ4n) is 1.61. The third-order valence-electron chi connectivity index (χ3n) is 2.74. The average molecular weight is 317 g/mol. The molecule has 0 aliphatic carbocycles. The van der Waals surface area contributed by atoms with Crippen molar-refractivity contribution >= 4 is 11.8 Å². The summed E-state index contributed by atoms with van der Waals surface area (Å²) in [5.74, 6) is 1.28. The van der Waals surface area contributed by atoms with E-state index in [4.69, 9.17) is 0 Å². The SMILES string of the molecule is CNCc1nnc(SCc2ccc(C(F)(F)F)nc2)n1C. The van der Waals surface area contributed by atoms with Crippen molar-refractivity contribution in [3.8, 4) is 0 Å². The molecule has 9 heteroatoms. The summed E-state index contributed by atoms with van der Waals surface area (Å²) in [5.41, 5.74) is -0.183. The first-order valence-electron chi connectivity index (χ1n) is 6.09. The van der Waals surface area contributed by atoms with E-state index in [9.17, 15) is 13.2 Å². The van der Waals surface area contributed by atoms with Gasteiger partial charge in [0, 0.05) is 19.0 Å². The van der Waals surface area contributed by atoms with Gasteiger partial charge in [0.1, 0.15) is 11.5 Å². The van der Waals surface area contributed by atoms with Gasteiger partial charge in [-0.2, -0.15) is 13.2 Å². The first kappa shape index (κ1) is 15.8. The lowest BCUT2D eigenvalue weighted by Gasteiger charge is -2.06. The highest BCUT2D eigenvalue weighted by atomic mass is 32.2. The van der Waals surface area contributed by atoms with Crippen molar-refractivity contribution in [1.29, 1.82) is 0 Å². The van der Waals surface area contributed by atoms with E-state index >= 15 is 0 Å². The topological polar surface area (TPSA) is 55.6 Å². The fourth-order valence-corrected chi connectivity index (χ4v) is 2.47. The van der Waals surface area contributed by atoms with E-state index in [2.05, 4.69) is 20.5 Å². The maximum Gasteiger partial charge on any atom is 0.433 e. The Morgan fingerprint density at radius 3 is 2.62 bits per heavy atom. The largest absolute Gasteiger partial charge is 0.433 e. The Bertz CT molecular complexity index is 594. The molecule has 0 radical (unpaired) electrons. The zero-order chi connectivity index (χ0) is 15.5. The number of thioether (sulfide) groups is 1. The average Bonchev–Trinajstić information content (AvgIpc) is 2.78. The predicted octanol–water partition coefficient (Wildman–Crippen LogP) is 2.24. The van der Waals surface area contributed by atoms with Crippen molar-refractivity contribution in [2.24, 2.45) is 7.05 Å². The van der Waals surface area contributed by atoms with Crippen molar-refractivity contribution < 1.29 is 13.2 Å². The van der Waals surface area contributed by atoms with Crippen LogP contribution >= 0.6 is 11.8 Å². The second-order valence-corrected chi connectivity index (χ2v) is 5.27. The molecule has 0 spiro atoms. The van der Waals surface area contributed by atoms with Crippen LogP contribution in [0.4, 0.5) is 13.2 Å². The molecule has 0 aliphatic heterocycles. The predicted molar refractivity (Wildman–Crippen MR) is 72.6 cm³/mol. The van der Waals surface area contributed by atoms with E-state index < -0.39 is 11.9 Å². The number of pyridine rings is 1. The Labute approximate surface area is 124 Å². The number of aromatic nitrogens is 4. The van der Waals surface area contributed by atoms with E-state index in [0.29, 0.717) is 23.0 Å². The second-order valence-electron chi connectivity index (χ2n) is 4.33. The van der Waals surface area contributed by atoms with Gasteiger partial charge in [-0.3, -0.25) is 4.98 Å².